The molecule has 5 rings (SSSR count). The SMILES string of the molecule is COc1nc(C)cc(C)c1-c1noc(C23CCC(CN)(CC2)OC3)n1. The molecular formula is C18H24N4O3. The second-order valence-electron chi connectivity index (χ2n) is 7.34. The van der Waals surface area contributed by atoms with E-state index in [1.54, 1.807) is 7.11 Å². The van der Waals surface area contributed by atoms with Gasteiger partial charge in [0.2, 0.25) is 17.6 Å². The second-order valence-corrected chi connectivity index (χ2v) is 7.34. The molecule has 134 valence electrons. The minimum Gasteiger partial charge on any atom is -0.480 e. The van der Waals surface area contributed by atoms with Gasteiger partial charge in [0.25, 0.3) is 0 Å². The summed E-state index contributed by atoms with van der Waals surface area (Å²) in [7, 11) is 1.60. The molecule has 0 atom stereocenters. The Kier molecular flexibility index (Phi) is 3.81. The number of methoxy groups -OCH3 is 1. The summed E-state index contributed by atoms with van der Waals surface area (Å²) in [5.41, 5.74) is 8.25. The van der Waals surface area contributed by atoms with Crippen LogP contribution in [-0.4, -0.2) is 41.0 Å². The maximum atomic E-state index is 6.08. The highest BCUT2D eigenvalue weighted by atomic mass is 16.5. The van der Waals surface area contributed by atoms with Crippen molar-refractivity contribution in [2.45, 2.75) is 50.5 Å². The third kappa shape index (κ3) is 2.53. The molecule has 7 heteroatoms. The highest BCUT2D eigenvalue weighted by Gasteiger charge is 2.52. The minimum absolute atomic E-state index is 0.148. The molecule has 0 spiro atoms. The van der Waals surface area contributed by atoms with Crippen LogP contribution in [0.5, 0.6) is 5.88 Å². The van der Waals surface area contributed by atoms with Gasteiger partial charge in [-0.15, -0.1) is 0 Å². The quantitative estimate of drug-likeness (QED) is 0.909. The molecule has 3 fully saturated rings. The lowest BCUT2D eigenvalue weighted by Gasteiger charge is -2.51. The number of pyridine rings is 1. The molecule has 0 aromatic carbocycles. The maximum absolute atomic E-state index is 6.08. The smallest absolute Gasteiger partial charge is 0.235 e. The van der Waals surface area contributed by atoms with Crippen LogP contribution in [0.2, 0.25) is 0 Å². The zero-order valence-corrected chi connectivity index (χ0v) is 15.0. The highest BCUT2D eigenvalue weighted by Crippen LogP contribution is 2.49. The molecule has 2 bridgehead atoms. The summed E-state index contributed by atoms with van der Waals surface area (Å²) in [5, 5.41) is 4.22. The fraction of sp³-hybridized carbons (Fsp3) is 0.611. The van der Waals surface area contributed by atoms with Crippen LogP contribution in [0.15, 0.2) is 10.6 Å². The zero-order chi connectivity index (χ0) is 17.7. The Hall–Kier alpha value is -1.99. The van der Waals surface area contributed by atoms with E-state index in [0.717, 1.165) is 42.5 Å². The lowest BCUT2D eigenvalue weighted by Crippen LogP contribution is -2.56. The van der Waals surface area contributed by atoms with Crippen molar-refractivity contribution in [3.05, 3.63) is 23.2 Å². The van der Waals surface area contributed by atoms with Crippen LogP contribution in [0, 0.1) is 13.8 Å². The standard InChI is InChI=1S/C18H24N4O3/c1-11-8-12(2)20-15(23-3)13(11)14-21-16(25-22-14)17-4-6-18(9-19,7-5-17)24-10-17/h8H,4-7,9-10,19H2,1-3H3. The second kappa shape index (κ2) is 5.78. The van der Waals surface area contributed by atoms with E-state index in [9.17, 15) is 0 Å². The van der Waals surface area contributed by atoms with Gasteiger partial charge in [0.15, 0.2) is 0 Å². The number of nitrogens with zero attached hydrogens (tertiary/aromatic N) is 3. The van der Waals surface area contributed by atoms with Gasteiger partial charge < -0.3 is 19.7 Å². The first-order valence-corrected chi connectivity index (χ1v) is 8.72. The average molecular weight is 344 g/mol. The number of aryl methyl sites for hydroxylation is 2. The Labute approximate surface area is 146 Å². The average Bonchev–Trinajstić information content (AvgIpc) is 3.13. The third-order valence-electron chi connectivity index (χ3n) is 5.75. The van der Waals surface area contributed by atoms with E-state index < -0.39 is 0 Å². The van der Waals surface area contributed by atoms with Gasteiger partial charge >= 0.3 is 0 Å². The van der Waals surface area contributed by atoms with Gasteiger partial charge in [-0.25, -0.2) is 4.98 Å². The normalized spacial score (nSPS) is 28.3. The van der Waals surface area contributed by atoms with Crippen LogP contribution in [0.25, 0.3) is 11.4 Å². The highest BCUT2D eigenvalue weighted by molar-refractivity contribution is 5.66. The largest absolute Gasteiger partial charge is 0.480 e. The first kappa shape index (κ1) is 16.5. The number of hydrogen-bond acceptors (Lipinski definition) is 7. The maximum Gasteiger partial charge on any atom is 0.235 e. The number of ether oxygens (including phenoxy) is 2. The van der Waals surface area contributed by atoms with Crippen molar-refractivity contribution < 1.29 is 14.0 Å². The van der Waals surface area contributed by atoms with Gasteiger partial charge in [0.1, 0.15) is 0 Å². The molecule has 0 radical (unpaired) electrons. The van der Waals surface area contributed by atoms with Crippen molar-refractivity contribution in [2.75, 3.05) is 20.3 Å². The molecule has 25 heavy (non-hydrogen) atoms. The number of rotatable bonds is 4. The van der Waals surface area contributed by atoms with Crippen LogP contribution in [0.3, 0.4) is 0 Å². The van der Waals surface area contributed by atoms with E-state index in [1.165, 1.54) is 0 Å². The number of nitrogens with two attached hydrogens (primary N) is 1. The minimum atomic E-state index is -0.193. The van der Waals surface area contributed by atoms with Gasteiger partial charge in [-0.3, -0.25) is 0 Å². The molecule has 0 amide bonds. The number of aromatic nitrogens is 3. The fourth-order valence-electron chi connectivity index (χ4n) is 4.07. The lowest BCUT2D eigenvalue weighted by molar-refractivity contribution is -0.156. The van der Waals surface area contributed by atoms with Gasteiger partial charge in [-0.2, -0.15) is 4.98 Å². The first-order valence-electron chi connectivity index (χ1n) is 8.72. The van der Waals surface area contributed by atoms with Gasteiger partial charge in [-0.05, 0) is 51.2 Å². The van der Waals surface area contributed by atoms with Crippen molar-refractivity contribution in [3.63, 3.8) is 0 Å². The first-order chi connectivity index (χ1) is 12.0. The molecule has 3 aliphatic rings. The molecule has 2 aliphatic heterocycles. The molecule has 2 aromatic rings. The van der Waals surface area contributed by atoms with Crippen LogP contribution < -0.4 is 10.5 Å². The molecule has 1 aliphatic carbocycles. The number of hydrogen-bond donors (Lipinski definition) is 1. The van der Waals surface area contributed by atoms with Crippen LogP contribution in [0.4, 0.5) is 0 Å². The monoisotopic (exact) mass is 344 g/mol. The van der Waals surface area contributed by atoms with Gasteiger partial charge in [0, 0.05) is 12.2 Å². The van der Waals surface area contributed by atoms with Crippen molar-refractivity contribution in [2.24, 2.45) is 5.73 Å². The number of fused-ring (bicyclic) bond motifs is 3. The van der Waals surface area contributed by atoms with Crippen molar-refractivity contribution >= 4 is 0 Å². The van der Waals surface area contributed by atoms with Crippen LogP contribution >= 0.6 is 0 Å². The molecule has 0 unspecified atom stereocenters. The summed E-state index contributed by atoms with van der Waals surface area (Å²) in [4.78, 5) is 9.14. The van der Waals surface area contributed by atoms with E-state index in [4.69, 9.17) is 24.7 Å². The Morgan fingerprint density at radius 1 is 1.20 bits per heavy atom. The molecule has 7 nitrogen and oxygen atoms in total. The Morgan fingerprint density at radius 3 is 2.56 bits per heavy atom. The van der Waals surface area contributed by atoms with E-state index in [2.05, 4.69) is 10.1 Å². The lowest BCUT2D eigenvalue weighted by atomic mass is 9.66. The topological polar surface area (TPSA) is 96.3 Å². The molecule has 2 N–H and O–H groups in total. The van der Waals surface area contributed by atoms with E-state index in [-0.39, 0.29) is 11.0 Å². The predicted octanol–water partition coefficient (Wildman–Crippen LogP) is 2.30. The van der Waals surface area contributed by atoms with E-state index >= 15 is 0 Å². The summed E-state index contributed by atoms with van der Waals surface area (Å²) in [5.74, 6) is 1.69. The third-order valence-corrected chi connectivity index (χ3v) is 5.75. The molecule has 2 aromatic heterocycles. The van der Waals surface area contributed by atoms with Crippen LogP contribution in [-0.2, 0) is 10.2 Å². The molecular weight excluding hydrogens is 320 g/mol. The Bertz CT molecular complexity index is 777. The van der Waals surface area contributed by atoms with E-state index in [1.807, 2.05) is 19.9 Å². The van der Waals surface area contributed by atoms with E-state index in [0.29, 0.717) is 30.7 Å². The molecule has 4 heterocycles. The molecule has 1 saturated carbocycles. The van der Waals surface area contributed by atoms with Crippen molar-refractivity contribution in [1.82, 2.24) is 15.1 Å². The molecule has 2 saturated heterocycles. The predicted molar refractivity (Wildman–Crippen MR) is 91.4 cm³/mol. The summed E-state index contributed by atoms with van der Waals surface area (Å²) >= 11 is 0. The van der Waals surface area contributed by atoms with Gasteiger partial charge in [0.05, 0.1) is 30.3 Å². The Morgan fingerprint density at radius 2 is 1.96 bits per heavy atom. The summed E-state index contributed by atoms with van der Waals surface area (Å²) in [6, 6.07) is 1.99. The zero-order valence-electron chi connectivity index (χ0n) is 15.0. The summed E-state index contributed by atoms with van der Waals surface area (Å²) < 4.78 is 17.2. The fourth-order valence-corrected chi connectivity index (χ4v) is 4.07. The van der Waals surface area contributed by atoms with Crippen molar-refractivity contribution in [3.8, 4) is 17.3 Å². The van der Waals surface area contributed by atoms with Gasteiger partial charge in [-0.1, -0.05) is 5.16 Å². The van der Waals surface area contributed by atoms with Crippen molar-refractivity contribution in [1.29, 1.82) is 0 Å². The summed E-state index contributed by atoms with van der Waals surface area (Å²) in [6.07, 6.45) is 3.81. The van der Waals surface area contributed by atoms with Crippen LogP contribution in [0.1, 0.15) is 42.8 Å². The Balaban J connectivity index is 1.69. The summed E-state index contributed by atoms with van der Waals surface area (Å²) in [6.45, 7) is 5.10.